The predicted molar refractivity (Wildman–Crippen MR) is 166 cm³/mol. The van der Waals surface area contributed by atoms with Crippen LogP contribution in [0.1, 0.15) is 103 Å². The number of hydrogen-bond donors (Lipinski definition) is 4. The summed E-state index contributed by atoms with van der Waals surface area (Å²) in [4.78, 5) is 20.1. The zero-order valence-electron chi connectivity index (χ0n) is 25.4. The molecular weight excluding hydrogens is 584 g/mol. The molecule has 8 nitrogen and oxygen atoms in total. The van der Waals surface area contributed by atoms with Crippen LogP contribution in [-0.4, -0.2) is 43.0 Å². The van der Waals surface area contributed by atoms with Gasteiger partial charge in [-0.05, 0) is 63.2 Å². The summed E-state index contributed by atoms with van der Waals surface area (Å²) in [5.41, 5.74) is 12.7. The van der Waals surface area contributed by atoms with Crippen LogP contribution >= 0.6 is 0 Å². The Morgan fingerprint density at radius 2 is 1.47 bits per heavy atom. The Hall–Kier alpha value is -3.04. The molecule has 9 heteroatoms. The second kappa shape index (κ2) is 13.3. The van der Waals surface area contributed by atoms with Crippen LogP contribution in [0.25, 0.3) is 39.3 Å². The number of aromatic nitrogens is 4. The average Bonchev–Trinajstić information content (AvgIpc) is 3.59. The van der Waals surface area contributed by atoms with Crippen LogP contribution in [0.2, 0.25) is 0 Å². The van der Waals surface area contributed by atoms with Crippen LogP contribution in [-0.2, 0) is 23.5 Å². The summed E-state index contributed by atoms with van der Waals surface area (Å²) in [5, 5.41) is 38.7. The molecule has 3 aromatic rings. The van der Waals surface area contributed by atoms with E-state index in [0.717, 1.165) is 84.7 Å². The van der Waals surface area contributed by atoms with Gasteiger partial charge in [-0.1, -0.05) is 67.5 Å². The summed E-state index contributed by atoms with van der Waals surface area (Å²) in [7, 11) is 0. The number of nitrogens with zero attached hydrogens (tertiary/aromatic N) is 4. The van der Waals surface area contributed by atoms with E-state index in [-0.39, 0.29) is 41.7 Å². The molecule has 2 aliphatic rings. The van der Waals surface area contributed by atoms with Gasteiger partial charge in [0.2, 0.25) is 0 Å². The first-order valence-electron chi connectivity index (χ1n) is 14.7. The number of rotatable bonds is 8. The van der Waals surface area contributed by atoms with E-state index in [1.165, 1.54) is 0 Å². The summed E-state index contributed by atoms with van der Waals surface area (Å²) in [6.07, 6.45) is 1.22. The zero-order chi connectivity index (χ0) is 30.3. The molecule has 228 valence electrons. The average molecular weight is 625 g/mol. The molecule has 8 bridgehead atoms. The number of aryl methyl sites for hydroxylation is 3. The van der Waals surface area contributed by atoms with Crippen molar-refractivity contribution in [3.8, 4) is 0 Å². The molecule has 5 rings (SSSR count). The second-order valence-electron chi connectivity index (χ2n) is 11.5. The van der Waals surface area contributed by atoms with Crippen molar-refractivity contribution in [3.05, 3.63) is 75.9 Å². The minimum absolute atomic E-state index is 0. The second-order valence-corrected chi connectivity index (χ2v) is 11.5. The van der Waals surface area contributed by atoms with E-state index < -0.39 is 12.6 Å². The van der Waals surface area contributed by atoms with Crippen LogP contribution in [0.4, 0.5) is 0 Å². The maximum atomic E-state index is 9.67. The molecule has 0 saturated carbocycles. The van der Waals surface area contributed by atoms with Crippen LogP contribution in [0, 0.1) is 13.8 Å². The maximum absolute atomic E-state index is 9.67. The molecule has 0 aliphatic carbocycles. The van der Waals surface area contributed by atoms with Crippen molar-refractivity contribution in [2.45, 2.75) is 91.1 Å². The Labute approximate surface area is 263 Å². The van der Waals surface area contributed by atoms with E-state index in [2.05, 4.69) is 27.4 Å². The van der Waals surface area contributed by atoms with Gasteiger partial charge in [0, 0.05) is 29.6 Å². The van der Waals surface area contributed by atoms with Crippen LogP contribution in [0.15, 0.2) is 30.8 Å². The molecule has 2 atom stereocenters. The Morgan fingerprint density at radius 3 is 2.12 bits per heavy atom. The Morgan fingerprint density at radius 1 is 0.837 bits per heavy atom. The molecular formula is C34H40FeN4O4. The summed E-state index contributed by atoms with van der Waals surface area (Å²) in [6.45, 7) is 14.4. The molecule has 5 heterocycles. The van der Waals surface area contributed by atoms with Gasteiger partial charge in [-0.25, -0.2) is 4.98 Å². The van der Waals surface area contributed by atoms with Gasteiger partial charge in [0.1, 0.15) is 0 Å². The summed E-state index contributed by atoms with van der Waals surface area (Å²) in [5.74, 6) is -0.0396. The summed E-state index contributed by atoms with van der Waals surface area (Å²) >= 11 is 0. The van der Waals surface area contributed by atoms with Gasteiger partial charge in [-0.2, -0.15) is 0 Å². The Kier molecular flexibility index (Phi) is 10.2. The van der Waals surface area contributed by atoms with E-state index in [1.54, 1.807) is 0 Å². The largest absolute Gasteiger partial charge is 2.00 e. The number of hydrogen-bond acceptors (Lipinski definition) is 6. The van der Waals surface area contributed by atoms with Crippen LogP contribution in [0.5, 0.6) is 0 Å². The molecule has 0 spiro atoms. The van der Waals surface area contributed by atoms with Crippen molar-refractivity contribution in [1.82, 2.24) is 19.9 Å². The molecule has 0 fully saturated rings. The van der Waals surface area contributed by atoms with E-state index in [0.29, 0.717) is 12.8 Å². The first-order chi connectivity index (χ1) is 20.0. The number of aliphatic hydroxyl groups excluding tert-OH is 2. The Balaban J connectivity index is 0.00000423. The van der Waals surface area contributed by atoms with Gasteiger partial charge < -0.3 is 30.4 Å². The molecule has 0 radical (unpaired) electrons. The van der Waals surface area contributed by atoms with Crippen molar-refractivity contribution in [1.29, 1.82) is 0 Å². The maximum Gasteiger partial charge on any atom is 2.00 e. The fraction of sp³-hybridized carbons (Fsp3) is 0.412. The van der Waals surface area contributed by atoms with Gasteiger partial charge in [0.05, 0.1) is 11.4 Å². The smallest absolute Gasteiger partial charge is 0.657 e. The third-order valence-corrected chi connectivity index (χ3v) is 8.85. The van der Waals surface area contributed by atoms with Gasteiger partial charge in [-0.3, -0.25) is 4.98 Å². The third kappa shape index (κ3) is 6.43. The van der Waals surface area contributed by atoms with Crippen molar-refractivity contribution in [3.63, 3.8) is 0 Å². The SMILES string of the molecule is C=Cc1c(C)c2cc3nc(cc4[n-]c(cc5nc(cc1[n-]2)C(C)=C5CC)c(C)c4CCC(O)O)C(CCC(O)O)C3C.[Fe+2]. The Bertz CT molecular complexity index is 1720. The number of fused-ring (bicyclic) bond motifs is 8. The molecule has 0 aromatic carbocycles. The van der Waals surface area contributed by atoms with Crippen molar-refractivity contribution < 1.29 is 37.5 Å². The van der Waals surface area contributed by atoms with Crippen molar-refractivity contribution in [2.24, 2.45) is 0 Å². The van der Waals surface area contributed by atoms with Crippen LogP contribution in [0.3, 0.4) is 0 Å². The molecule has 0 saturated heterocycles. The summed E-state index contributed by atoms with van der Waals surface area (Å²) in [6, 6.07) is 8.06. The molecule has 4 N–H and O–H groups in total. The first kappa shape index (κ1) is 32.9. The van der Waals surface area contributed by atoms with Gasteiger partial charge >= 0.3 is 17.1 Å². The van der Waals surface area contributed by atoms with Crippen molar-refractivity contribution in [2.75, 3.05) is 0 Å². The molecule has 2 aliphatic heterocycles. The van der Waals surface area contributed by atoms with Crippen LogP contribution < -0.4 is 9.97 Å². The minimum Gasteiger partial charge on any atom is -0.657 e. The standard InChI is InChI=1S/C34H40N4O4.Fe/c1-7-21-17(3)25-13-26-19(5)23(9-11-33(39)40)31(37-26)16-32-24(10-12-34(41)42)20(6)28(38-32)15-30-22(8-2)18(4)27(36-30)14-29(21)35-25;/h7,13-16,19,23,33-34,39-42H,1,8-12H2,2-6H3;/q-2;+2. The monoisotopic (exact) mass is 624 g/mol. The van der Waals surface area contributed by atoms with E-state index in [9.17, 15) is 20.4 Å². The number of aliphatic hydroxyl groups is 4. The molecule has 3 aromatic heterocycles. The third-order valence-electron chi connectivity index (χ3n) is 8.85. The van der Waals surface area contributed by atoms with Crippen molar-refractivity contribution >= 4 is 39.3 Å². The van der Waals surface area contributed by atoms with E-state index in [4.69, 9.17) is 19.9 Å². The minimum atomic E-state index is -1.42. The van der Waals surface area contributed by atoms with E-state index >= 15 is 0 Å². The first-order valence-corrected chi connectivity index (χ1v) is 14.7. The molecule has 2 unspecified atom stereocenters. The topological polar surface area (TPSA) is 135 Å². The predicted octanol–water partition coefficient (Wildman–Crippen LogP) is 5.39. The molecule has 43 heavy (non-hydrogen) atoms. The number of allylic oxidation sites excluding steroid dienone is 2. The zero-order valence-corrected chi connectivity index (χ0v) is 26.5. The fourth-order valence-corrected chi connectivity index (χ4v) is 6.29. The van der Waals surface area contributed by atoms with E-state index in [1.807, 2.05) is 44.2 Å². The van der Waals surface area contributed by atoms with Gasteiger partial charge in [0.25, 0.3) is 0 Å². The molecule has 0 amide bonds. The summed E-state index contributed by atoms with van der Waals surface area (Å²) < 4.78 is 0. The van der Waals surface area contributed by atoms with Gasteiger partial charge in [0.15, 0.2) is 12.6 Å². The fourth-order valence-electron chi connectivity index (χ4n) is 6.29. The normalized spacial score (nSPS) is 16.7. The quantitative estimate of drug-likeness (QED) is 0.194. The van der Waals surface area contributed by atoms with Gasteiger partial charge in [-0.15, -0.1) is 22.1 Å².